The van der Waals surface area contributed by atoms with Crippen LogP contribution in [0.25, 0.3) is 5.76 Å². The van der Waals surface area contributed by atoms with Gasteiger partial charge < -0.3 is 9.84 Å². The molecule has 4 rings (SSSR count). The molecule has 3 aromatic rings. The van der Waals surface area contributed by atoms with Crippen LogP contribution in [-0.2, 0) is 9.59 Å². The van der Waals surface area contributed by atoms with Gasteiger partial charge in [-0.3, -0.25) is 14.5 Å². The van der Waals surface area contributed by atoms with E-state index < -0.39 is 17.7 Å². The Balaban J connectivity index is 2.01. The molecular formula is C27H25NO4. The first-order valence-electron chi connectivity index (χ1n) is 10.4. The maximum atomic E-state index is 13.3. The number of ketones is 1. The van der Waals surface area contributed by atoms with Gasteiger partial charge in [0.25, 0.3) is 11.7 Å². The Morgan fingerprint density at radius 3 is 2.38 bits per heavy atom. The number of benzene rings is 3. The second-order valence-electron chi connectivity index (χ2n) is 8.05. The third-order valence-electron chi connectivity index (χ3n) is 5.91. The summed E-state index contributed by atoms with van der Waals surface area (Å²) in [4.78, 5) is 28.0. The van der Waals surface area contributed by atoms with Gasteiger partial charge in [0.15, 0.2) is 0 Å². The van der Waals surface area contributed by atoms with E-state index in [0.717, 1.165) is 22.3 Å². The van der Waals surface area contributed by atoms with Crippen LogP contribution in [0.5, 0.6) is 5.75 Å². The molecule has 1 heterocycles. The molecule has 5 nitrogen and oxygen atoms in total. The fourth-order valence-electron chi connectivity index (χ4n) is 4.18. The summed E-state index contributed by atoms with van der Waals surface area (Å²) in [5.41, 5.74) is 4.63. The van der Waals surface area contributed by atoms with Crippen molar-refractivity contribution in [1.82, 2.24) is 0 Å². The van der Waals surface area contributed by atoms with Crippen molar-refractivity contribution in [2.45, 2.75) is 26.8 Å². The first-order chi connectivity index (χ1) is 15.3. The highest BCUT2D eigenvalue weighted by Gasteiger charge is 2.47. The third kappa shape index (κ3) is 3.56. The number of ether oxygens (including phenoxy) is 1. The summed E-state index contributed by atoms with van der Waals surface area (Å²) in [6.45, 7) is 5.72. The van der Waals surface area contributed by atoms with Crippen LogP contribution in [-0.4, -0.2) is 23.9 Å². The largest absolute Gasteiger partial charge is 0.507 e. The third-order valence-corrected chi connectivity index (χ3v) is 5.91. The van der Waals surface area contributed by atoms with Crippen molar-refractivity contribution >= 4 is 23.1 Å². The van der Waals surface area contributed by atoms with Gasteiger partial charge in [0.2, 0.25) is 0 Å². The molecule has 3 aromatic carbocycles. The lowest BCUT2D eigenvalue weighted by Gasteiger charge is -2.27. The smallest absolute Gasteiger partial charge is 0.300 e. The zero-order chi connectivity index (χ0) is 23.0. The normalized spacial score (nSPS) is 17.6. The number of rotatable bonds is 4. The number of aryl methyl sites for hydroxylation is 3. The molecule has 1 aliphatic rings. The van der Waals surface area contributed by atoms with Crippen LogP contribution < -0.4 is 9.64 Å². The van der Waals surface area contributed by atoms with Crippen molar-refractivity contribution in [1.29, 1.82) is 0 Å². The number of hydrogen-bond donors (Lipinski definition) is 1. The Bertz CT molecular complexity index is 1260. The van der Waals surface area contributed by atoms with Crippen molar-refractivity contribution in [2.24, 2.45) is 0 Å². The number of amides is 1. The van der Waals surface area contributed by atoms with Gasteiger partial charge in [0.1, 0.15) is 11.5 Å². The van der Waals surface area contributed by atoms with Crippen molar-refractivity contribution < 1.29 is 19.4 Å². The fourth-order valence-corrected chi connectivity index (χ4v) is 4.18. The lowest BCUT2D eigenvalue weighted by Crippen LogP contribution is -2.29. The predicted octanol–water partition coefficient (Wildman–Crippen LogP) is 5.25. The highest BCUT2D eigenvalue weighted by molar-refractivity contribution is 6.51. The first kappa shape index (κ1) is 21.4. The van der Waals surface area contributed by atoms with Crippen LogP contribution in [0, 0.1) is 20.8 Å². The van der Waals surface area contributed by atoms with Gasteiger partial charge in [-0.15, -0.1) is 0 Å². The minimum absolute atomic E-state index is 0.0841. The average molecular weight is 428 g/mol. The van der Waals surface area contributed by atoms with Crippen LogP contribution in [0.1, 0.15) is 33.9 Å². The van der Waals surface area contributed by atoms with E-state index in [1.165, 1.54) is 4.90 Å². The van der Waals surface area contributed by atoms with Gasteiger partial charge in [-0.25, -0.2) is 0 Å². The van der Waals surface area contributed by atoms with Crippen LogP contribution in [0.3, 0.4) is 0 Å². The second-order valence-corrected chi connectivity index (χ2v) is 8.05. The lowest BCUT2D eigenvalue weighted by atomic mass is 9.91. The highest BCUT2D eigenvalue weighted by atomic mass is 16.5. The van der Waals surface area contributed by atoms with Crippen molar-refractivity contribution in [3.05, 3.63) is 100 Å². The molecule has 1 amide bonds. The summed E-state index contributed by atoms with van der Waals surface area (Å²) < 4.78 is 5.33. The Kier molecular flexibility index (Phi) is 5.57. The topological polar surface area (TPSA) is 66.8 Å². The van der Waals surface area contributed by atoms with Gasteiger partial charge in [-0.2, -0.15) is 0 Å². The molecule has 1 N–H and O–H groups in total. The van der Waals surface area contributed by atoms with Crippen LogP contribution >= 0.6 is 0 Å². The van der Waals surface area contributed by atoms with E-state index in [1.54, 1.807) is 31.4 Å². The minimum atomic E-state index is -0.761. The Morgan fingerprint density at radius 2 is 1.66 bits per heavy atom. The van der Waals surface area contributed by atoms with Gasteiger partial charge in [0, 0.05) is 17.3 Å². The molecule has 0 radical (unpaired) electrons. The van der Waals surface area contributed by atoms with Gasteiger partial charge in [0.05, 0.1) is 18.7 Å². The standard InChI is InChI=1S/C27H25NO4/c1-16-12-13-18(3)22(14-16)25(29)23-24(21-11-6-5-8-17(21)2)28(27(31)26(23)30)19-9-7-10-20(15-19)32-4/h5-15,24,29H,1-4H3/b25-23+. The molecular weight excluding hydrogens is 402 g/mol. The number of methoxy groups -OCH3 is 1. The molecule has 5 heteroatoms. The van der Waals surface area contributed by atoms with E-state index in [0.29, 0.717) is 17.0 Å². The predicted molar refractivity (Wildman–Crippen MR) is 125 cm³/mol. The molecule has 1 atom stereocenters. The zero-order valence-electron chi connectivity index (χ0n) is 18.5. The van der Waals surface area contributed by atoms with E-state index >= 15 is 0 Å². The zero-order valence-corrected chi connectivity index (χ0v) is 18.5. The summed E-state index contributed by atoms with van der Waals surface area (Å²) in [5.74, 6) is -0.983. The van der Waals surface area contributed by atoms with Crippen molar-refractivity contribution in [3.8, 4) is 5.75 Å². The summed E-state index contributed by atoms with van der Waals surface area (Å²) in [6, 6.07) is 19.5. The molecule has 0 saturated carbocycles. The van der Waals surface area contributed by atoms with E-state index in [1.807, 2.05) is 63.2 Å². The monoisotopic (exact) mass is 427 g/mol. The van der Waals surface area contributed by atoms with Crippen LogP contribution in [0.15, 0.2) is 72.3 Å². The molecule has 1 fully saturated rings. The molecule has 0 aliphatic carbocycles. The second kappa shape index (κ2) is 8.35. The Hall–Kier alpha value is -3.86. The average Bonchev–Trinajstić information content (AvgIpc) is 3.05. The van der Waals surface area contributed by atoms with Crippen molar-refractivity contribution in [3.63, 3.8) is 0 Å². The number of carbonyl (C=O) groups is 2. The van der Waals surface area contributed by atoms with Gasteiger partial charge >= 0.3 is 0 Å². The molecule has 0 spiro atoms. The quantitative estimate of drug-likeness (QED) is 0.351. The Labute approximate surface area is 187 Å². The number of aliphatic hydroxyl groups is 1. The van der Waals surface area contributed by atoms with E-state index in [9.17, 15) is 14.7 Å². The summed E-state index contributed by atoms with van der Waals surface area (Å²) in [7, 11) is 1.55. The fraction of sp³-hybridized carbons (Fsp3) is 0.185. The molecule has 1 unspecified atom stereocenters. The van der Waals surface area contributed by atoms with E-state index in [-0.39, 0.29) is 11.3 Å². The molecule has 1 aliphatic heterocycles. The van der Waals surface area contributed by atoms with E-state index in [2.05, 4.69) is 0 Å². The van der Waals surface area contributed by atoms with Crippen LogP contribution in [0.4, 0.5) is 5.69 Å². The number of aliphatic hydroxyl groups excluding tert-OH is 1. The minimum Gasteiger partial charge on any atom is -0.507 e. The molecule has 162 valence electrons. The maximum Gasteiger partial charge on any atom is 0.300 e. The molecule has 0 bridgehead atoms. The SMILES string of the molecule is COc1cccc(N2C(=O)C(=O)/C(=C(/O)c3cc(C)ccc3C)C2c2ccccc2C)c1. The first-order valence-corrected chi connectivity index (χ1v) is 10.4. The maximum absolute atomic E-state index is 13.3. The highest BCUT2D eigenvalue weighted by Crippen LogP contribution is 2.44. The van der Waals surface area contributed by atoms with Gasteiger partial charge in [-0.1, -0.05) is 48.0 Å². The number of anilines is 1. The summed E-state index contributed by atoms with van der Waals surface area (Å²) >= 11 is 0. The van der Waals surface area contributed by atoms with Crippen LogP contribution in [0.2, 0.25) is 0 Å². The van der Waals surface area contributed by atoms with Gasteiger partial charge in [-0.05, 0) is 55.7 Å². The van der Waals surface area contributed by atoms with E-state index in [4.69, 9.17) is 4.74 Å². The number of Topliss-reactive ketones (excluding diaryl/α,β-unsaturated/α-hetero) is 1. The Morgan fingerprint density at radius 1 is 0.906 bits per heavy atom. The number of hydrogen-bond acceptors (Lipinski definition) is 4. The molecule has 0 aromatic heterocycles. The lowest BCUT2D eigenvalue weighted by molar-refractivity contribution is -0.132. The number of nitrogens with zero attached hydrogens (tertiary/aromatic N) is 1. The summed E-state index contributed by atoms with van der Waals surface area (Å²) in [5, 5.41) is 11.4. The summed E-state index contributed by atoms with van der Waals surface area (Å²) in [6.07, 6.45) is 0. The van der Waals surface area contributed by atoms with Crippen molar-refractivity contribution in [2.75, 3.05) is 12.0 Å². The molecule has 1 saturated heterocycles. The molecule has 32 heavy (non-hydrogen) atoms. The number of carbonyl (C=O) groups excluding carboxylic acids is 2.